The molecule has 7 nitrogen and oxygen atoms in total. The Bertz CT molecular complexity index is 867. The van der Waals surface area contributed by atoms with Crippen molar-refractivity contribution in [1.82, 2.24) is 4.90 Å². The SMILES string of the molecule is CCCN(CC(=O)Nc1ccccc1C)C(=O)COC(=O)c1ccccc1NC. The third-order valence-corrected chi connectivity index (χ3v) is 4.34. The van der Waals surface area contributed by atoms with Gasteiger partial charge in [0.1, 0.15) is 0 Å². The number of aryl methyl sites for hydroxylation is 1. The Morgan fingerprint density at radius 2 is 1.66 bits per heavy atom. The predicted molar refractivity (Wildman–Crippen MR) is 113 cm³/mol. The smallest absolute Gasteiger partial charge is 0.340 e. The summed E-state index contributed by atoms with van der Waals surface area (Å²) in [6, 6.07) is 14.3. The lowest BCUT2D eigenvalue weighted by molar-refractivity contribution is -0.137. The summed E-state index contributed by atoms with van der Waals surface area (Å²) in [5.74, 6) is -1.31. The maximum Gasteiger partial charge on any atom is 0.340 e. The van der Waals surface area contributed by atoms with Crippen molar-refractivity contribution in [3.8, 4) is 0 Å². The van der Waals surface area contributed by atoms with Crippen molar-refractivity contribution in [1.29, 1.82) is 0 Å². The number of para-hydroxylation sites is 2. The topological polar surface area (TPSA) is 87.7 Å². The van der Waals surface area contributed by atoms with Gasteiger partial charge in [0.2, 0.25) is 5.91 Å². The van der Waals surface area contributed by atoms with E-state index >= 15 is 0 Å². The fraction of sp³-hybridized carbons (Fsp3) is 0.318. The van der Waals surface area contributed by atoms with E-state index in [4.69, 9.17) is 4.74 Å². The Labute approximate surface area is 171 Å². The first-order valence-corrected chi connectivity index (χ1v) is 9.53. The van der Waals surface area contributed by atoms with Crippen molar-refractivity contribution in [2.75, 3.05) is 37.4 Å². The van der Waals surface area contributed by atoms with Gasteiger partial charge in [-0.1, -0.05) is 37.3 Å². The molecule has 0 aromatic heterocycles. The van der Waals surface area contributed by atoms with Crippen LogP contribution >= 0.6 is 0 Å². The van der Waals surface area contributed by atoms with E-state index in [9.17, 15) is 14.4 Å². The number of amides is 2. The third-order valence-electron chi connectivity index (χ3n) is 4.34. The van der Waals surface area contributed by atoms with E-state index in [-0.39, 0.29) is 12.5 Å². The Balaban J connectivity index is 1.95. The molecule has 0 spiro atoms. The van der Waals surface area contributed by atoms with Gasteiger partial charge in [-0.25, -0.2) is 4.79 Å². The number of anilines is 2. The summed E-state index contributed by atoms with van der Waals surface area (Å²) >= 11 is 0. The number of nitrogens with one attached hydrogen (secondary N) is 2. The molecule has 0 fully saturated rings. The summed E-state index contributed by atoms with van der Waals surface area (Å²) in [7, 11) is 1.70. The maximum absolute atomic E-state index is 12.5. The van der Waals surface area contributed by atoms with Gasteiger partial charge in [-0.2, -0.15) is 0 Å². The van der Waals surface area contributed by atoms with Gasteiger partial charge >= 0.3 is 5.97 Å². The zero-order valence-corrected chi connectivity index (χ0v) is 17.0. The van der Waals surface area contributed by atoms with E-state index in [1.807, 2.05) is 32.0 Å². The van der Waals surface area contributed by atoms with Crippen molar-refractivity contribution >= 4 is 29.2 Å². The number of hydrogen-bond acceptors (Lipinski definition) is 5. The highest BCUT2D eigenvalue weighted by atomic mass is 16.5. The molecule has 0 saturated heterocycles. The van der Waals surface area contributed by atoms with Crippen LogP contribution in [0, 0.1) is 6.92 Å². The van der Waals surface area contributed by atoms with Gasteiger partial charge in [-0.15, -0.1) is 0 Å². The van der Waals surface area contributed by atoms with Crippen LogP contribution in [0.3, 0.4) is 0 Å². The van der Waals surface area contributed by atoms with Gasteiger partial charge in [0.05, 0.1) is 12.1 Å². The standard InChI is InChI=1S/C22H27N3O4/c1-4-13-25(14-20(26)24-18-11-7-5-9-16(18)2)21(27)15-29-22(28)17-10-6-8-12-19(17)23-3/h5-12,23H,4,13-15H2,1-3H3,(H,24,26). The molecule has 2 rings (SSSR count). The number of carbonyl (C=O) groups is 3. The van der Waals surface area contributed by atoms with Crippen LogP contribution in [0.5, 0.6) is 0 Å². The lowest BCUT2D eigenvalue weighted by Crippen LogP contribution is -2.40. The number of benzene rings is 2. The molecular formula is C22H27N3O4. The summed E-state index contributed by atoms with van der Waals surface area (Å²) in [5, 5.41) is 5.72. The van der Waals surface area contributed by atoms with E-state index in [0.717, 1.165) is 5.56 Å². The van der Waals surface area contributed by atoms with Crippen LogP contribution in [-0.4, -0.2) is 49.4 Å². The second-order valence-electron chi connectivity index (χ2n) is 6.55. The fourth-order valence-corrected chi connectivity index (χ4v) is 2.81. The molecule has 0 radical (unpaired) electrons. The van der Waals surface area contributed by atoms with Crippen LogP contribution in [0.15, 0.2) is 48.5 Å². The lowest BCUT2D eigenvalue weighted by atomic mass is 10.2. The van der Waals surface area contributed by atoms with Crippen LogP contribution in [-0.2, 0) is 14.3 Å². The Kier molecular flexibility index (Phi) is 8.21. The van der Waals surface area contributed by atoms with E-state index in [1.165, 1.54) is 4.90 Å². The third kappa shape index (κ3) is 6.34. The number of nitrogens with zero attached hydrogens (tertiary/aromatic N) is 1. The number of carbonyl (C=O) groups excluding carboxylic acids is 3. The van der Waals surface area contributed by atoms with Gasteiger partial charge < -0.3 is 20.3 Å². The molecule has 154 valence electrons. The van der Waals surface area contributed by atoms with Crippen LogP contribution in [0.1, 0.15) is 29.3 Å². The second-order valence-corrected chi connectivity index (χ2v) is 6.55. The van der Waals surface area contributed by atoms with Crippen molar-refractivity contribution in [2.24, 2.45) is 0 Å². The lowest BCUT2D eigenvalue weighted by Gasteiger charge is -2.22. The van der Waals surface area contributed by atoms with Crippen LogP contribution in [0.25, 0.3) is 0 Å². The molecule has 0 aliphatic rings. The number of rotatable bonds is 9. The quantitative estimate of drug-likeness (QED) is 0.635. The van der Waals surface area contributed by atoms with Crippen molar-refractivity contribution in [3.05, 3.63) is 59.7 Å². The van der Waals surface area contributed by atoms with Crippen LogP contribution < -0.4 is 10.6 Å². The van der Waals surface area contributed by atoms with E-state index in [0.29, 0.717) is 29.9 Å². The van der Waals surface area contributed by atoms with Crippen LogP contribution in [0.4, 0.5) is 11.4 Å². The molecule has 0 saturated carbocycles. The number of ether oxygens (including phenoxy) is 1. The summed E-state index contributed by atoms with van der Waals surface area (Å²) < 4.78 is 5.18. The molecule has 0 bridgehead atoms. The highest BCUT2D eigenvalue weighted by molar-refractivity contribution is 5.98. The molecule has 0 unspecified atom stereocenters. The highest BCUT2D eigenvalue weighted by Gasteiger charge is 2.20. The molecule has 2 aromatic carbocycles. The predicted octanol–water partition coefficient (Wildman–Crippen LogP) is 3.07. The Hall–Kier alpha value is -3.35. The first-order chi connectivity index (χ1) is 14.0. The summed E-state index contributed by atoms with van der Waals surface area (Å²) in [6.07, 6.45) is 0.680. The van der Waals surface area contributed by atoms with Gasteiger partial charge in [-0.3, -0.25) is 9.59 Å². The highest BCUT2D eigenvalue weighted by Crippen LogP contribution is 2.15. The molecule has 0 heterocycles. The Morgan fingerprint density at radius 3 is 2.31 bits per heavy atom. The fourth-order valence-electron chi connectivity index (χ4n) is 2.81. The zero-order chi connectivity index (χ0) is 21.2. The van der Waals surface area contributed by atoms with Crippen molar-refractivity contribution in [2.45, 2.75) is 20.3 Å². The molecule has 29 heavy (non-hydrogen) atoms. The van der Waals surface area contributed by atoms with E-state index in [2.05, 4.69) is 10.6 Å². The van der Waals surface area contributed by atoms with Crippen molar-refractivity contribution < 1.29 is 19.1 Å². The first kappa shape index (κ1) is 21.9. The minimum atomic E-state index is -0.593. The zero-order valence-electron chi connectivity index (χ0n) is 17.0. The molecule has 2 aromatic rings. The van der Waals surface area contributed by atoms with Gasteiger partial charge in [0.25, 0.3) is 5.91 Å². The largest absolute Gasteiger partial charge is 0.452 e. The maximum atomic E-state index is 12.5. The average Bonchev–Trinajstić information content (AvgIpc) is 2.73. The number of esters is 1. The molecule has 0 aliphatic heterocycles. The summed E-state index contributed by atoms with van der Waals surface area (Å²) in [6.45, 7) is 3.67. The van der Waals surface area contributed by atoms with Gasteiger partial charge in [-0.05, 0) is 37.1 Å². The average molecular weight is 397 g/mol. The minimum absolute atomic E-state index is 0.105. The molecular weight excluding hydrogens is 370 g/mol. The normalized spacial score (nSPS) is 10.2. The van der Waals surface area contributed by atoms with E-state index < -0.39 is 18.5 Å². The van der Waals surface area contributed by atoms with Gasteiger partial charge in [0.15, 0.2) is 6.61 Å². The summed E-state index contributed by atoms with van der Waals surface area (Å²) in [5.41, 5.74) is 2.61. The molecule has 0 atom stereocenters. The monoisotopic (exact) mass is 397 g/mol. The van der Waals surface area contributed by atoms with Crippen molar-refractivity contribution in [3.63, 3.8) is 0 Å². The van der Waals surface area contributed by atoms with Gasteiger partial charge in [0, 0.05) is 25.0 Å². The molecule has 2 N–H and O–H groups in total. The Morgan fingerprint density at radius 1 is 1.00 bits per heavy atom. The molecule has 7 heteroatoms. The van der Waals surface area contributed by atoms with E-state index in [1.54, 1.807) is 37.4 Å². The molecule has 2 amide bonds. The summed E-state index contributed by atoms with van der Waals surface area (Å²) in [4.78, 5) is 38.6. The minimum Gasteiger partial charge on any atom is -0.452 e. The van der Waals surface area contributed by atoms with Crippen LogP contribution in [0.2, 0.25) is 0 Å². The second kappa shape index (κ2) is 10.8. The first-order valence-electron chi connectivity index (χ1n) is 9.53. The number of hydrogen-bond donors (Lipinski definition) is 2. The molecule has 0 aliphatic carbocycles.